The Labute approximate surface area is 186 Å². The summed E-state index contributed by atoms with van der Waals surface area (Å²) in [7, 11) is 5.61. The number of methoxy groups -OCH3 is 1. The zero-order chi connectivity index (χ0) is 22.8. The number of ether oxygens (including phenoxy) is 1. The van der Waals surface area contributed by atoms with E-state index in [4.69, 9.17) is 9.72 Å². The number of hydrogen-bond donors (Lipinski definition) is 0. The lowest BCUT2D eigenvalue weighted by molar-refractivity contribution is -0.133. The molecule has 172 valence electrons. The van der Waals surface area contributed by atoms with E-state index in [1.807, 2.05) is 44.1 Å². The van der Waals surface area contributed by atoms with Crippen LogP contribution in [0.4, 0.5) is 0 Å². The Hall–Kier alpha value is -2.25. The first-order valence-corrected chi connectivity index (χ1v) is 11.3. The number of hydrogen-bond acceptors (Lipinski definition) is 5. The van der Waals surface area contributed by atoms with Crippen LogP contribution >= 0.6 is 0 Å². The summed E-state index contributed by atoms with van der Waals surface area (Å²) in [5.41, 5.74) is 0.568. The van der Waals surface area contributed by atoms with Crippen molar-refractivity contribution in [3.05, 3.63) is 40.4 Å². The average Bonchev–Trinajstić information content (AvgIpc) is 2.75. The first-order chi connectivity index (χ1) is 14.9. The number of carbonyl (C=O) groups is 1. The van der Waals surface area contributed by atoms with Gasteiger partial charge in [-0.25, -0.2) is 4.98 Å². The predicted molar refractivity (Wildman–Crippen MR) is 125 cm³/mol. The van der Waals surface area contributed by atoms with Crippen LogP contribution in [-0.2, 0) is 16.1 Å². The van der Waals surface area contributed by atoms with Crippen LogP contribution in [0.15, 0.2) is 29.1 Å². The van der Waals surface area contributed by atoms with Crippen molar-refractivity contribution in [1.82, 2.24) is 19.4 Å². The molecule has 0 N–H and O–H groups in total. The van der Waals surface area contributed by atoms with Gasteiger partial charge in [0, 0.05) is 26.6 Å². The minimum Gasteiger partial charge on any atom is -0.383 e. The average molecular weight is 431 g/mol. The van der Waals surface area contributed by atoms with Gasteiger partial charge >= 0.3 is 0 Å². The molecule has 0 saturated carbocycles. The van der Waals surface area contributed by atoms with E-state index in [1.165, 1.54) is 0 Å². The van der Waals surface area contributed by atoms with Crippen LogP contribution in [-0.4, -0.2) is 66.2 Å². The molecule has 0 fully saturated rings. The molecule has 1 aromatic heterocycles. The topological polar surface area (TPSA) is 67.7 Å². The number of aromatic nitrogens is 2. The van der Waals surface area contributed by atoms with Crippen LogP contribution in [0.1, 0.15) is 57.8 Å². The third-order valence-electron chi connectivity index (χ3n) is 5.60. The van der Waals surface area contributed by atoms with Crippen molar-refractivity contribution >= 4 is 16.8 Å². The molecule has 1 heterocycles. The van der Waals surface area contributed by atoms with E-state index in [-0.39, 0.29) is 17.5 Å². The lowest BCUT2D eigenvalue weighted by Crippen LogP contribution is -2.41. The van der Waals surface area contributed by atoms with Crippen LogP contribution in [0.25, 0.3) is 10.9 Å². The van der Waals surface area contributed by atoms with Gasteiger partial charge in [-0.15, -0.1) is 0 Å². The van der Waals surface area contributed by atoms with Crippen LogP contribution in [0.5, 0.6) is 0 Å². The van der Waals surface area contributed by atoms with Crippen molar-refractivity contribution < 1.29 is 9.53 Å². The van der Waals surface area contributed by atoms with Gasteiger partial charge < -0.3 is 14.5 Å². The van der Waals surface area contributed by atoms with Gasteiger partial charge in [-0.05, 0) is 39.6 Å². The summed E-state index contributed by atoms with van der Waals surface area (Å²) in [6.07, 6.45) is 4.75. The lowest BCUT2D eigenvalue weighted by atomic mass is 10.1. The van der Waals surface area contributed by atoms with E-state index in [0.717, 1.165) is 32.2 Å². The predicted octanol–water partition coefficient (Wildman–Crippen LogP) is 3.46. The van der Waals surface area contributed by atoms with E-state index < -0.39 is 0 Å². The number of amides is 1. The van der Waals surface area contributed by atoms with Crippen molar-refractivity contribution in [2.45, 2.75) is 58.5 Å². The summed E-state index contributed by atoms with van der Waals surface area (Å²) >= 11 is 0. The Morgan fingerprint density at radius 2 is 1.90 bits per heavy atom. The zero-order valence-corrected chi connectivity index (χ0v) is 19.8. The molecule has 31 heavy (non-hydrogen) atoms. The third kappa shape index (κ3) is 6.87. The van der Waals surface area contributed by atoms with Crippen molar-refractivity contribution in [3.63, 3.8) is 0 Å². The largest absolute Gasteiger partial charge is 0.383 e. The Kier molecular flexibility index (Phi) is 10.1. The van der Waals surface area contributed by atoms with Gasteiger partial charge in [0.2, 0.25) is 5.91 Å². The maximum absolute atomic E-state index is 13.2. The second kappa shape index (κ2) is 12.6. The number of carbonyl (C=O) groups excluding carboxylic acids is 1. The maximum Gasteiger partial charge on any atom is 0.261 e. The van der Waals surface area contributed by atoms with Gasteiger partial charge in [-0.3, -0.25) is 14.2 Å². The lowest BCUT2D eigenvalue weighted by Gasteiger charge is -2.31. The molecule has 0 aliphatic carbocycles. The van der Waals surface area contributed by atoms with Crippen LogP contribution < -0.4 is 5.56 Å². The molecule has 1 unspecified atom stereocenters. The van der Waals surface area contributed by atoms with E-state index in [2.05, 4.69) is 11.8 Å². The standard InChI is InChI=1S/C24H38N4O3/c1-6-7-8-9-14-22(29)27(16-15-26(3)4)19(2)23-25-21-13-11-10-12-20(21)24(30)28(23)17-18-31-5/h10-13,19H,6-9,14-18H2,1-5H3. The highest BCUT2D eigenvalue weighted by molar-refractivity contribution is 5.78. The second-order valence-electron chi connectivity index (χ2n) is 8.31. The summed E-state index contributed by atoms with van der Waals surface area (Å²) in [6, 6.07) is 7.06. The molecule has 0 aliphatic heterocycles. The first-order valence-electron chi connectivity index (χ1n) is 11.3. The van der Waals surface area contributed by atoms with Gasteiger partial charge in [-0.2, -0.15) is 0 Å². The van der Waals surface area contributed by atoms with Gasteiger partial charge in [-0.1, -0.05) is 38.3 Å². The minimum atomic E-state index is -0.312. The Morgan fingerprint density at radius 1 is 1.16 bits per heavy atom. The van der Waals surface area contributed by atoms with Gasteiger partial charge in [0.25, 0.3) is 5.56 Å². The number of nitrogens with zero attached hydrogens (tertiary/aromatic N) is 4. The molecule has 0 saturated heterocycles. The second-order valence-corrected chi connectivity index (χ2v) is 8.31. The Morgan fingerprint density at radius 3 is 2.58 bits per heavy atom. The van der Waals surface area contributed by atoms with E-state index >= 15 is 0 Å². The highest BCUT2D eigenvalue weighted by Crippen LogP contribution is 2.22. The van der Waals surface area contributed by atoms with Crippen molar-refractivity contribution in [1.29, 1.82) is 0 Å². The molecule has 2 rings (SSSR count). The zero-order valence-electron chi connectivity index (χ0n) is 19.8. The summed E-state index contributed by atoms with van der Waals surface area (Å²) < 4.78 is 6.91. The quantitative estimate of drug-likeness (QED) is 0.455. The molecule has 0 radical (unpaired) electrons. The molecular formula is C24H38N4O3. The fourth-order valence-corrected chi connectivity index (χ4v) is 3.73. The molecule has 0 spiro atoms. The highest BCUT2D eigenvalue weighted by Gasteiger charge is 2.26. The molecular weight excluding hydrogens is 392 g/mol. The summed E-state index contributed by atoms with van der Waals surface area (Å²) in [6.45, 7) is 6.29. The highest BCUT2D eigenvalue weighted by atomic mass is 16.5. The van der Waals surface area contributed by atoms with Crippen molar-refractivity contribution in [2.75, 3.05) is 40.9 Å². The van der Waals surface area contributed by atoms with E-state index in [9.17, 15) is 9.59 Å². The molecule has 2 aromatic rings. The van der Waals surface area contributed by atoms with Crippen LogP contribution in [0, 0.1) is 0 Å². The Bertz CT molecular complexity index is 894. The molecule has 0 aliphatic rings. The summed E-state index contributed by atoms with van der Waals surface area (Å²) in [4.78, 5) is 35.2. The van der Waals surface area contributed by atoms with Gasteiger partial charge in [0.05, 0.1) is 30.1 Å². The fourth-order valence-electron chi connectivity index (χ4n) is 3.73. The number of para-hydroxylation sites is 1. The van der Waals surface area contributed by atoms with E-state index in [1.54, 1.807) is 17.7 Å². The smallest absolute Gasteiger partial charge is 0.261 e. The van der Waals surface area contributed by atoms with Crippen LogP contribution in [0.2, 0.25) is 0 Å². The molecule has 7 nitrogen and oxygen atoms in total. The number of unbranched alkanes of at least 4 members (excludes halogenated alkanes) is 3. The number of benzene rings is 1. The first kappa shape index (κ1) is 25.0. The molecule has 1 atom stereocenters. The van der Waals surface area contributed by atoms with Crippen LogP contribution in [0.3, 0.4) is 0 Å². The third-order valence-corrected chi connectivity index (χ3v) is 5.60. The summed E-state index contributed by atoms with van der Waals surface area (Å²) in [5.74, 6) is 0.729. The number of rotatable bonds is 13. The number of fused-ring (bicyclic) bond motifs is 1. The van der Waals surface area contributed by atoms with E-state index in [0.29, 0.717) is 42.8 Å². The minimum absolute atomic E-state index is 0.0903. The monoisotopic (exact) mass is 430 g/mol. The normalized spacial score (nSPS) is 12.5. The molecule has 1 aromatic carbocycles. The molecule has 7 heteroatoms. The van der Waals surface area contributed by atoms with Crippen molar-refractivity contribution in [2.24, 2.45) is 0 Å². The summed E-state index contributed by atoms with van der Waals surface area (Å²) in [5, 5.41) is 0.584. The van der Waals surface area contributed by atoms with Crippen molar-refractivity contribution in [3.8, 4) is 0 Å². The number of likely N-dealkylation sites (N-methyl/N-ethyl adjacent to an activating group) is 1. The SMILES string of the molecule is CCCCCCC(=O)N(CCN(C)C)C(C)c1nc2ccccc2c(=O)n1CCOC. The van der Waals surface area contributed by atoms with Gasteiger partial charge in [0.15, 0.2) is 0 Å². The molecule has 0 bridgehead atoms. The Balaban J connectivity index is 2.41. The fraction of sp³-hybridized carbons (Fsp3) is 0.625. The maximum atomic E-state index is 13.2. The van der Waals surface area contributed by atoms with Gasteiger partial charge in [0.1, 0.15) is 5.82 Å². The molecule has 1 amide bonds.